The summed E-state index contributed by atoms with van der Waals surface area (Å²) in [6.07, 6.45) is 1.98. The highest BCUT2D eigenvalue weighted by Gasteiger charge is 2.19. The Hall–Kier alpha value is -2.33. The Morgan fingerprint density at radius 2 is 1.82 bits per heavy atom. The smallest absolute Gasteiger partial charge is 0.306 e. The van der Waals surface area contributed by atoms with Gasteiger partial charge in [0, 0.05) is 33.1 Å². The molecule has 0 saturated heterocycles. The lowest BCUT2D eigenvalue weighted by molar-refractivity contribution is -0.151. The molecule has 1 heterocycles. The van der Waals surface area contributed by atoms with Gasteiger partial charge in [-0.15, -0.1) is 0 Å². The number of esters is 1. The monoisotopic (exact) mass is 414 g/mol. The van der Waals surface area contributed by atoms with Gasteiger partial charge in [-0.1, -0.05) is 6.42 Å². The van der Waals surface area contributed by atoms with Crippen molar-refractivity contribution in [2.75, 3.05) is 40.5 Å². The molecular formula is C18H26N2O7S. The third kappa shape index (κ3) is 6.68. The van der Waals surface area contributed by atoms with Gasteiger partial charge in [-0.3, -0.25) is 9.59 Å². The molecule has 28 heavy (non-hydrogen) atoms. The third-order valence-electron chi connectivity index (χ3n) is 4.03. The van der Waals surface area contributed by atoms with E-state index >= 15 is 0 Å². The third-order valence-corrected chi connectivity index (χ3v) is 5.49. The SMILES string of the molecule is CN(C)C(=O)COC(=O)CCCCCNS(=O)(=O)c1ccc2c(c1)OCCO2. The van der Waals surface area contributed by atoms with Crippen molar-refractivity contribution in [3.8, 4) is 11.5 Å². The quantitative estimate of drug-likeness (QED) is 0.448. The van der Waals surface area contributed by atoms with Gasteiger partial charge in [0.1, 0.15) is 13.2 Å². The number of rotatable bonds is 10. The van der Waals surface area contributed by atoms with Gasteiger partial charge in [0.2, 0.25) is 10.0 Å². The van der Waals surface area contributed by atoms with E-state index in [1.54, 1.807) is 20.2 Å². The molecule has 0 bridgehead atoms. The van der Waals surface area contributed by atoms with Crippen molar-refractivity contribution >= 4 is 21.9 Å². The van der Waals surface area contributed by atoms with Crippen LogP contribution in [0.25, 0.3) is 0 Å². The van der Waals surface area contributed by atoms with Crippen molar-refractivity contribution < 1.29 is 32.2 Å². The zero-order valence-corrected chi connectivity index (χ0v) is 16.9. The second kappa shape index (κ2) is 10.3. The average Bonchev–Trinajstić information content (AvgIpc) is 2.68. The summed E-state index contributed by atoms with van der Waals surface area (Å²) in [5.41, 5.74) is 0. The van der Waals surface area contributed by atoms with Gasteiger partial charge in [-0.25, -0.2) is 13.1 Å². The van der Waals surface area contributed by atoms with E-state index in [0.29, 0.717) is 44.0 Å². The molecule has 1 N–H and O–H groups in total. The zero-order chi connectivity index (χ0) is 20.6. The van der Waals surface area contributed by atoms with Crippen LogP contribution in [0.3, 0.4) is 0 Å². The van der Waals surface area contributed by atoms with E-state index in [1.807, 2.05) is 0 Å². The van der Waals surface area contributed by atoms with Gasteiger partial charge in [-0.05, 0) is 25.0 Å². The molecule has 2 rings (SSSR count). The summed E-state index contributed by atoms with van der Waals surface area (Å²) in [7, 11) is -0.472. The van der Waals surface area contributed by atoms with Crippen LogP contribution in [-0.4, -0.2) is 65.7 Å². The lowest BCUT2D eigenvalue weighted by atomic mass is 10.2. The number of sulfonamides is 1. The fourth-order valence-electron chi connectivity index (χ4n) is 2.40. The summed E-state index contributed by atoms with van der Waals surface area (Å²) in [5, 5.41) is 0. The summed E-state index contributed by atoms with van der Waals surface area (Å²) in [6, 6.07) is 4.50. The first kappa shape index (κ1) is 22.0. The van der Waals surface area contributed by atoms with Crippen molar-refractivity contribution in [3.05, 3.63) is 18.2 Å². The van der Waals surface area contributed by atoms with Crippen LogP contribution in [0.4, 0.5) is 0 Å². The molecule has 0 spiro atoms. The van der Waals surface area contributed by atoms with E-state index in [2.05, 4.69) is 4.72 Å². The number of ether oxygens (including phenoxy) is 3. The van der Waals surface area contributed by atoms with E-state index in [4.69, 9.17) is 14.2 Å². The predicted molar refractivity (Wildman–Crippen MR) is 101 cm³/mol. The van der Waals surface area contributed by atoms with Crippen LogP contribution in [0, 0.1) is 0 Å². The van der Waals surface area contributed by atoms with E-state index in [1.165, 1.54) is 17.0 Å². The van der Waals surface area contributed by atoms with Gasteiger partial charge in [0.15, 0.2) is 18.1 Å². The fourth-order valence-corrected chi connectivity index (χ4v) is 3.48. The molecule has 0 saturated carbocycles. The van der Waals surface area contributed by atoms with Crippen molar-refractivity contribution in [1.29, 1.82) is 0 Å². The van der Waals surface area contributed by atoms with Gasteiger partial charge < -0.3 is 19.1 Å². The van der Waals surface area contributed by atoms with Gasteiger partial charge >= 0.3 is 5.97 Å². The molecule has 0 aromatic heterocycles. The van der Waals surface area contributed by atoms with Crippen LogP contribution in [-0.2, 0) is 24.3 Å². The number of amides is 1. The fraction of sp³-hybridized carbons (Fsp3) is 0.556. The molecule has 0 unspecified atom stereocenters. The first-order valence-corrected chi connectivity index (χ1v) is 10.5. The standard InChI is InChI=1S/C18H26N2O7S/c1-20(2)17(21)13-27-18(22)6-4-3-5-9-19-28(23,24)14-7-8-15-16(12-14)26-11-10-25-15/h7-8,12,19H,3-6,9-11,13H2,1-2H3. The van der Waals surface area contributed by atoms with Crippen molar-refractivity contribution in [1.82, 2.24) is 9.62 Å². The summed E-state index contributed by atoms with van der Waals surface area (Å²) in [5.74, 6) is 0.235. The molecule has 0 aliphatic carbocycles. The van der Waals surface area contributed by atoms with Crippen molar-refractivity contribution in [2.24, 2.45) is 0 Å². The van der Waals surface area contributed by atoms with Gasteiger partial charge in [0.25, 0.3) is 5.91 Å². The maximum Gasteiger partial charge on any atom is 0.306 e. The molecule has 1 amide bonds. The Bertz CT molecular complexity index is 793. The van der Waals surface area contributed by atoms with E-state index in [0.717, 1.165) is 0 Å². The molecule has 10 heteroatoms. The van der Waals surface area contributed by atoms with Crippen molar-refractivity contribution in [2.45, 2.75) is 30.6 Å². The Labute approximate surface area is 165 Å². The number of unbranched alkanes of at least 4 members (excludes halogenated alkanes) is 2. The van der Waals surface area contributed by atoms with Crippen LogP contribution in [0.1, 0.15) is 25.7 Å². The summed E-state index contributed by atoms with van der Waals surface area (Å²) in [6.45, 7) is 0.818. The minimum atomic E-state index is -3.64. The molecular weight excluding hydrogens is 388 g/mol. The Morgan fingerprint density at radius 3 is 2.54 bits per heavy atom. The molecule has 0 radical (unpaired) electrons. The molecule has 1 aliphatic rings. The number of benzene rings is 1. The first-order valence-electron chi connectivity index (χ1n) is 9.04. The normalized spacial score (nSPS) is 13.1. The maximum atomic E-state index is 12.3. The number of nitrogens with zero attached hydrogens (tertiary/aromatic N) is 1. The number of hydrogen-bond acceptors (Lipinski definition) is 7. The minimum Gasteiger partial charge on any atom is -0.486 e. The van der Waals surface area contributed by atoms with Gasteiger partial charge in [-0.2, -0.15) is 0 Å². The van der Waals surface area contributed by atoms with Gasteiger partial charge in [0.05, 0.1) is 4.90 Å². The second-order valence-electron chi connectivity index (χ2n) is 6.46. The summed E-state index contributed by atoms with van der Waals surface area (Å²) < 4.78 is 42.9. The number of nitrogens with one attached hydrogen (secondary N) is 1. The molecule has 9 nitrogen and oxygen atoms in total. The topological polar surface area (TPSA) is 111 Å². The van der Waals surface area contributed by atoms with Crippen LogP contribution in [0.2, 0.25) is 0 Å². The first-order chi connectivity index (χ1) is 13.3. The lowest BCUT2D eigenvalue weighted by Crippen LogP contribution is -2.27. The number of hydrogen-bond donors (Lipinski definition) is 1. The largest absolute Gasteiger partial charge is 0.486 e. The van der Waals surface area contributed by atoms with Crippen LogP contribution < -0.4 is 14.2 Å². The highest BCUT2D eigenvalue weighted by Crippen LogP contribution is 2.32. The second-order valence-corrected chi connectivity index (χ2v) is 8.23. The van der Waals surface area contributed by atoms with E-state index in [9.17, 15) is 18.0 Å². The molecule has 1 aromatic carbocycles. The predicted octanol–water partition coefficient (Wildman–Crippen LogP) is 0.928. The molecule has 1 aromatic rings. The molecule has 0 fully saturated rings. The maximum absolute atomic E-state index is 12.3. The number of carbonyl (C=O) groups excluding carboxylic acids is 2. The molecule has 156 valence electrons. The summed E-state index contributed by atoms with van der Waals surface area (Å²) in [4.78, 5) is 24.3. The van der Waals surface area contributed by atoms with Crippen LogP contribution in [0.5, 0.6) is 11.5 Å². The number of likely N-dealkylation sites (N-methyl/N-ethyl adjacent to an activating group) is 1. The van der Waals surface area contributed by atoms with Crippen LogP contribution in [0.15, 0.2) is 23.1 Å². The van der Waals surface area contributed by atoms with E-state index < -0.39 is 16.0 Å². The Morgan fingerprint density at radius 1 is 1.11 bits per heavy atom. The molecule has 0 atom stereocenters. The highest BCUT2D eigenvalue weighted by molar-refractivity contribution is 7.89. The minimum absolute atomic E-state index is 0.117. The highest BCUT2D eigenvalue weighted by atomic mass is 32.2. The van der Waals surface area contributed by atoms with E-state index in [-0.39, 0.29) is 30.4 Å². The Kier molecular flexibility index (Phi) is 8.06. The number of fused-ring (bicyclic) bond motifs is 1. The Balaban J connectivity index is 1.66. The van der Waals surface area contributed by atoms with Crippen molar-refractivity contribution in [3.63, 3.8) is 0 Å². The zero-order valence-electron chi connectivity index (χ0n) is 16.1. The van der Waals surface area contributed by atoms with Crippen LogP contribution >= 0.6 is 0 Å². The lowest BCUT2D eigenvalue weighted by Gasteiger charge is -2.18. The molecule has 1 aliphatic heterocycles. The average molecular weight is 414 g/mol. The summed E-state index contributed by atoms with van der Waals surface area (Å²) >= 11 is 0. The number of carbonyl (C=O) groups is 2.